The van der Waals surface area contributed by atoms with Crippen molar-refractivity contribution in [2.24, 2.45) is 5.92 Å². The molecule has 13 N–H and O–H groups in total. The normalized spacial score (nSPS) is 23.0. The molecule has 358 valence electrons. The number of rotatable bonds is 9. The van der Waals surface area contributed by atoms with E-state index < -0.39 is 200 Å². The predicted molar refractivity (Wildman–Crippen MR) is 207 cm³/mol. The first-order chi connectivity index (χ1) is 32.0. The zero-order valence-corrected chi connectivity index (χ0v) is 33.6. The number of ether oxygens (including phenoxy) is 7. The number of carboxylic acids is 1. The number of carboxylic acid groups (broad SMARTS) is 1. The standard InChI is InChI=1S/C41H32O27/c42-15-1-10(2-16(43)26(15)51)35(56)62-9-22-31-33(66-36(57)11-3-17(44)27(52)18(45)4-11)34(41(63-22)68-37(58)12-5-19(46)28(53)20(47)6-12)67-38(59)13-7-21(48)29(54)32-25(13)24(30(55)40(61)65-32)14(8-23(49)50)39(60)64-31/h1-7,14,22,24,30-31,33-34,41-48,51-55H,8-9H2,(H,49,50)/t14-,22-,24+,30+,31+,33-,34?,41+/m0/s1. The van der Waals surface area contributed by atoms with Crippen LogP contribution in [-0.4, -0.2) is 152 Å². The van der Waals surface area contributed by atoms with Crippen LogP contribution in [0.1, 0.15) is 59.3 Å². The van der Waals surface area contributed by atoms with Crippen molar-refractivity contribution in [2.75, 3.05) is 6.61 Å². The van der Waals surface area contributed by atoms with E-state index in [4.69, 9.17) is 33.2 Å². The molecule has 4 aromatic rings. The first-order valence-electron chi connectivity index (χ1n) is 19.1. The molecule has 1 fully saturated rings. The largest absolute Gasteiger partial charge is 0.504 e. The van der Waals surface area contributed by atoms with Crippen molar-refractivity contribution in [3.63, 3.8) is 0 Å². The fourth-order valence-electron chi connectivity index (χ4n) is 7.37. The van der Waals surface area contributed by atoms with Crippen molar-refractivity contribution in [3.8, 4) is 69.0 Å². The number of aliphatic hydroxyl groups is 1. The van der Waals surface area contributed by atoms with Crippen LogP contribution >= 0.6 is 0 Å². The molecule has 3 aliphatic rings. The number of aliphatic carboxylic acids is 1. The highest BCUT2D eigenvalue weighted by atomic mass is 16.7. The summed E-state index contributed by atoms with van der Waals surface area (Å²) in [6.45, 7) is -1.28. The van der Waals surface area contributed by atoms with Crippen LogP contribution in [0, 0.1) is 5.92 Å². The molecule has 1 saturated heterocycles. The van der Waals surface area contributed by atoms with Gasteiger partial charge in [0.1, 0.15) is 12.7 Å². The highest BCUT2D eigenvalue weighted by Gasteiger charge is 2.57. The molecule has 8 atom stereocenters. The summed E-state index contributed by atoms with van der Waals surface area (Å²) in [7, 11) is 0. The van der Waals surface area contributed by atoms with E-state index in [1.165, 1.54) is 0 Å². The van der Waals surface area contributed by atoms with E-state index in [2.05, 4.69) is 0 Å². The van der Waals surface area contributed by atoms with Gasteiger partial charge in [-0.2, -0.15) is 0 Å². The van der Waals surface area contributed by atoms with Gasteiger partial charge in [-0.15, -0.1) is 0 Å². The van der Waals surface area contributed by atoms with Crippen LogP contribution in [0.5, 0.6) is 69.0 Å². The van der Waals surface area contributed by atoms with Crippen LogP contribution < -0.4 is 4.74 Å². The SMILES string of the molecule is O=C(O)C[C@@H]1C(=O)O[C@@H]2[C@H](COC(=O)c3cc(O)c(O)c(O)c3)O[C@H](OC(=O)c3cc(O)c(O)c(O)c3)C(OC(=O)c3cc(O)c(O)c4c3[C@@H]1[C@@H](O)C(=O)O4)[C@H]2OC(=O)c1cc(O)c(O)c(O)c1. The first kappa shape index (κ1) is 46.9. The van der Waals surface area contributed by atoms with Gasteiger partial charge in [0.2, 0.25) is 18.1 Å². The number of esters is 6. The summed E-state index contributed by atoms with van der Waals surface area (Å²) in [5.41, 5.74) is -4.15. The number of carbonyl (C=O) groups excluding carboxylic acids is 6. The van der Waals surface area contributed by atoms with Crippen LogP contribution in [0.3, 0.4) is 0 Å². The molecule has 0 aliphatic carbocycles. The molecule has 68 heavy (non-hydrogen) atoms. The first-order valence-corrected chi connectivity index (χ1v) is 19.1. The summed E-state index contributed by atoms with van der Waals surface area (Å²) in [6, 6.07) is 3.84. The number of fused-ring (bicyclic) bond motifs is 2. The molecule has 1 unspecified atom stereocenters. The molecule has 0 aromatic heterocycles. The lowest BCUT2D eigenvalue weighted by Gasteiger charge is -2.44. The number of aliphatic hydroxyl groups excluding tert-OH is 1. The Morgan fingerprint density at radius 2 is 1.04 bits per heavy atom. The maximum Gasteiger partial charge on any atom is 0.341 e. The Morgan fingerprint density at radius 3 is 1.54 bits per heavy atom. The number of aromatic hydroxyl groups is 11. The zero-order valence-electron chi connectivity index (χ0n) is 33.6. The Hall–Kier alpha value is -9.11. The average Bonchev–Trinajstić information content (AvgIpc) is 3.28. The summed E-state index contributed by atoms with van der Waals surface area (Å²) in [5.74, 6) is -29.8. The van der Waals surface area contributed by atoms with E-state index in [1.54, 1.807) is 0 Å². The minimum atomic E-state index is -2.57. The molecule has 3 aliphatic heterocycles. The smallest absolute Gasteiger partial charge is 0.341 e. The molecule has 27 nitrogen and oxygen atoms in total. The van der Waals surface area contributed by atoms with E-state index in [1.807, 2.05) is 0 Å². The van der Waals surface area contributed by atoms with Gasteiger partial charge >= 0.3 is 41.8 Å². The van der Waals surface area contributed by atoms with Crippen molar-refractivity contribution in [1.29, 1.82) is 0 Å². The summed E-state index contributed by atoms with van der Waals surface area (Å²) in [6.07, 6.45) is -16.3. The van der Waals surface area contributed by atoms with Gasteiger partial charge in [0, 0.05) is 11.5 Å². The predicted octanol–water partition coefficient (Wildman–Crippen LogP) is 0.0179. The number of carbonyl (C=O) groups is 7. The molecular weight excluding hydrogens is 924 g/mol. The van der Waals surface area contributed by atoms with Crippen LogP contribution in [0.15, 0.2) is 42.5 Å². The second-order valence-corrected chi connectivity index (χ2v) is 14.9. The zero-order chi connectivity index (χ0) is 49.8. The topological polar surface area (TPSA) is 447 Å². The Balaban J connectivity index is 1.44. The van der Waals surface area contributed by atoms with Crippen molar-refractivity contribution in [1.82, 2.24) is 0 Å². The quantitative estimate of drug-likeness (QED) is 0.0455. The maximum atomic E-state index is 14.5. The van der Waals surface area contributed by atoms with Crippen molar-refractivity contribution >= 4 is 41.8 Å². The fourth-order valence-corrected chi connectivity index (χ4v) is 7.37. The van der Waals surface area contributed by atoms with Gasteiger partial charge in [0.25, 0.3) is 0 Å². The fraction of sp³-hybridized carbons (Fsp3) is 0.244. The summed E-state index contributed by atoms with van der Waals surface area (Å²) in [4.78, 5) is 95.4. The van der Waals surface area contributed by atoms with Crippen molar-refractivity contribution < 1.29 is 133 Å². The highest BCUT2D eigenvalue weighted by Crippen LogP contribution is 2.51. The van der Waals surface area contributed by atoms with Crippen molar-refractivity contribution in [3.05, 3.63) is 70.3 Å². The Kier molecular flexibility index (Phi) is 12.2. The van der Waals surface area contributed by atoms with Gasteiger partial charge in [-0.1, -0.05) is 0 Å². The molecule has 27 heteroatoms. The summed E-state index contributed by atoms with van der Waals surface area (Å²) >= 11 is 0. The third-order valence-corrected chi connectivity index (χ3v) is 10.6. The number of phenols is 11. The number of phenolic OH excluding ortho intramolecular Hbond substituents is 11. The van der Waals surface area contributed by atoms with Gasteiger partial charge in [-0.3, -0.25) is 9.59 Å². The number of benzene rings is 4. The average molecular weight is 957 g/mol. The van der Waals surface area contributed by atoms with Crippen LogP contribution in [0.25, 0.3) is 0 Å². The van der Waals surface area contributed by atoms with Crippen molar-refractivity contribution in [2.45, 2.75) is 49.1 Å². The molecule has 0 saturated carbocycles. The Labute approximate surface area is 375 Å². The minimum absolute atomic E-state index is 0.449. The van der Waals surface area contributed by atoms with Crippen LogP contribution in [-0.2, 0) is 42.8 Å². The van der Waals surface area contributed by atoms with Crippen LogP contribution in [0.2, 0.25) is 0 Å². The maximum absolute atomic E-state index is 14.5. The lowest BCUT2D eigenvalue weighted by Crippen LogP contribution is -2.63. The number of hydrogen-bond donors (Lipinski definition) is 13. The molecule has 3 heterocycles. The highest BCUT2D eigenvalue weighted by molar-refractivity contribution is 5.98. The van der Waals surface area contributed by atoms with E-state index in [0.29, 0.717) is 42.5 Å². The molecular formula is C41H32O27. The van der Waals surface area contributed by atoms with Gasteiger partial charge in [0.05, 0.1) is 34.6 Å². The second-order valence-electron chi connectivity index (χ2n) is 14.9. The molecule has 4 aromatic carbocycles. The van der Waals surface area contributed by atoms with Gasteiger partial charge in [-0.25, -0.2) is 24.0 Å². The third-order valence-electron chi connectivity index (χ3n) is 10.6. The Morgan fingerprint density at radius 1 is 0.574 bits per heavy atom. The molecule has 0 spiro atoms. The van der Waals surface area contributed by atoms with Gasteiger partial charge in [-0.05, 0) is 42.5 Å². The Bertz CT molecular complexity index is 2750. The summed E-state index contributed by atoms with van der Waals surface area (Å²) < 4.78 is 38.6. The lowest BCUT2D eigenvalue weighted by atomic mass is 9.76. The summed E-state index contributed by atoms with van der Waals surface area (Å²) in [5, 5.41) is 133. The third kappa shape index (κ3) is 8.58. The molecule has 7 rings (SSSR count). The second kappa shape index (κ2) is 17.7. The van der Waals surface area contributed by atoms with E-state index >= 15 is 0 Å². The van der Waals surface area contributed by atoms with Gasteiger partial charge < -0.3 is 99.5 Å². The van der Waals surface area contributed by atoms with Crippen LogP contribution in [0.4, 0.5) is 0 Å². The van der Waals surface area contributed by atoms with E-state index in [9.17, 15) is 99.9 Å². The van der Waals surface area contributed by atoms with E-state index in [0.717, 1.165) is 0 Å². The van der Waals surface area contributed by atoms with E-state index in [-0.39, 0.29) is 0 Å². The monoisotopic (exact) mass is 956 g/mol. The minimum Gasteiger partial charge on any atom is -0.504 e. The molecule has 2 bridgehead atoms. The number of hydrogen-bond acceptors (Lipinski definition) is 26. The molecule has 0 amide bonds. The van der Waals surface area contributed by atoms with Gasteiger partial charge in [0.15, 0.2) is 81.6 Å². The molecule has 0 radical (unpaired) electrons. The lowest BCUT2D eigenvalue weighted by molar-refractivity contribution is -0.287.